The molecule has 0 radical (unpaired) electrons. The van der Waals surface area contributed by atoms with Gasteiger partial charge in [-0.15, -0.1) is 0 Å². The number of methoxy groups -OCH3 is 1. The van der Waals surface area contributed by atoms with Crippen LogP contribution in [0.1, 0.15) is 33.6 Å². The molecule has 2 nitrogen and oxygen atoms in total. The Bertz CT molecular complexity index is 150. The molecule has 0 aliphatic heterocycles. The molecule has 2 unspecified atom stereocenters. The molecule has 0 heterocycles. The number of nitriles is 1. The van der Waals surface area contributed by atoms with Gasteiger partial charge in [-0.25, -0.2) is 0 Å². The quantitative estimate of drug-likeness (QED) is 0.624. The van der Waals surface area contributed by atoms with E-state index in [0.29, 0.717) is 0 Å². The summed E-state index contributed by atoms with van der Waals surface area (Å²) in [5.41, 5.74) is -0.213. The largest absolute Gasteiger partial charge is 0.382 e. The molecule has 0 aliphatic rings. The molecular formula is C9H17NO. The molecule has 0 amide bonds. The van der Waals surface area contributed by atoms with Crippen LogP contribution in [0.5, 0.6) is 0 Å². The SMILES string of the molecule is CCC(C)(C#N)CC(C)OC. The molecule has 0 fully saturated rings. The van der Waals surface area contributed by atoms with Crippen LogP contribution in [0, 0.1) is 16.7 Å². The van der Waals surface area contributed by atoms with Crippen molar-refractivity contribution in [3.8, 4) is 6.07 Å². The molecular weight excluding hydrogens is 138 g/mol. The van der Waals surface area contributed by atoms with Crippen LogP contribution in [0.4, 0.5) is 0 Å². The Morgan fingerprint density at radius 3 is 2.45 bits per heavy atom. The summed E-state index contributed by atoms with van der Waals surface area (Å²) in [6, 6.07) is 2.31. The van der Waals surface area contributed by atoms with Crippen LogP contribution >= 0.6 is 0 Å². The van der Waals surface area contributed by atoms with Gasteiger partial charge in [0, 0.05) is 7.11 Å². The summed E-state index contributed by atoms with van der Waals surface area (Å²) in [7, 11) is 1.68. The summed E-state index contributed by atoms with van der Waals surface area (Å²) in [5, 5.41) is 8.82. The van der Waals surface area contributed by atoms with Crippen molar-refractivity contribution in [2.45, 2.75) is 39.7 Å². The Hall–Kier alpha value is -0.550. The Balaban J connectivity index is 3.99. The van der Waals surface area contributed by atoms with Crippen molar-refractivity contribution in [2.75, 3.05) is 7.11 Å². The maximum atomic E-state index is 8.82. The van der Waals surface area contributed by atoms with E-state index >= 15 is 0 Å². The van der Waals surface area contributed by atoms with Gasteiger partial charge in [0.15, 0.2) is 0 Å². The van der Waals surface area contributed by atoms with Crippen molar-refractivity contribution < 1.29 is 4.74 Å². The van der Waals surface area contributed by atoms with Crippen LogP contribution in [0.3, 0.4) is 0 Å². The molecule has 0 N–H and O–H groups in total. The molecule has 0 aromatic rings. The van der Waals surface area contributed by atoms with Crippen LogP contribution in [0.2, 0.25) is 0 Å². The highest BCUT2D eigenvalue weighted by atomic mass is 16.5. The second-order valence-corrected chi connectivity index (χ2v) is 3.28. The Morgan fingerprint density at radius 2 is 2.18 bits per heavy atom. The predicted molar refractivity (Wildman–Crippen MR) is 45.1 cm³/mol. The van der Waals surface area contributed by atoms with Crippen LogP contribution in [-0.2, 0) is 4.74 Å². The number of hydrogen-bond donors (Lipinski definition) is 0. The molecule has 11 heavy (non-hydrogen) atoms. The van der Waals surface area contributed by atoms with Gasteiger partial charge in [-0.2, -0.15) is 5.26 Å². The Kier molecular flexibility index (Phi) is 4.14. The first-order valence-electron chi connectivity index (χ1n) is 4.02. The molecule has 0 spiro atoms. The zero-order chi connectivity index (χ0) is 8.91. The van der Waals surface area contributed by atoms with Crippen LogP contribution in [0.25, 0.3) is 0 Å². The summed E-state index contributed by atoms with van der Waals surface area (Å²) in [5.74, 6) is 0. The molecule has 0 bridgehead atoms. The van der Waals surface area contributed by atoms with Crippen molar-refractivity contribution in [1.29, 1.82) is 5.26 Å². The third-order valence-corrected chi connectivity index (χ3v) is 2.19. The summed E-state index contributed by atoms with van der Waals surface area (Å²) in [6.45, 7) is 6.00. The highest BCUT2D eigenvalue weighted by molar-refractivity contribution is 4.95. The molecule has 0 aromatic heterocycles. The highest BCUT2D eigenvalue weighted by Gasteiger charge is 2.23. The van der Waals surface area contributed by atoms with Crippen LogP contribution < -0.4 is 0 Å². The van der Waals surface area contributed by atoms with Gasteiger partial charge >= 0.3 is 0 Å². The second kappa shape index (κ2) is 4.35. The number of rotatable bonds is 4. The maximum Gasteiger partial charge on any atom is 0.0687 e. The van der Waals surface area contributed by atoms with E-state index in [9.17, 15) is 0 Å². The summed E-state index contributed by atoms with van der Waals surface area (Å²) < 4.78 is 5.10. The van der Waals surface area contributed by atoms with Crippen molar-refractivity contribution in [3.63, 3.8) is 0 Å². The lowest BCUT2D eigenvalue weighted by atomic mass is 9.84. The standard InChI is InChI=1S/C9H17NO/c1-5-9(3,7-10)6-8(2)11-4/h8H,5-6H2,1-4H3. The fourth-order valence-electron chi connectivity index (χ4n) is 0.987. The van der Waals surface area contributed by atoms with Gasteiger partial charge in [0.05, 0.1) is 17.6 Å². The first kappa shape index (κ1) is 10.4. The molecule has 0 rings (SSSR count). The molecule has 0 aliphatic carbocycles. The van der Waals surface area contributed by atoms with Gasteiger partial charge in [0.2, 0.25) is 0 Å². The number of nitrogens with zero attached hydrogens (tertiary/aromatic N) is 1. The van der Waals surface area contributed by atoms with Crippen molar-refractivity contribution in [3.05, 3.63) is 0 Å². The van der Waals surface area contributed by atoms with E-state index in [1.807, 2.05) is 20.8 Å². The van der Waals surface area contributed by atoms with Crippen molar-refractivity contribution in [1.82, 2.24) is 0 Å². The lowest BCUT2D eigenvalue weighted by Crippen LogP contribution is -2.20. The van der Waals surface area contributed by atoms with Crippen molar-refractivity contribution in [2.24, 2.45) is 5.41 Å². The minimum atomic E-state index is -0.213. The smallest absolute Gasteiger partial charge is 0.0687 e. The van der Waals surface area contributed by atoms with E-state index in [1.54, 1.807) is 7.11 Å². The normalized spacial score (nSPS) is 18.5. The summed E-state index contributed by atoms with van der Waals surface area (Å²) in [4.78, 5) is 0. The molecule has 2 heteroatoms. The molecule has 64 valence electrons. The van der Waals surface area contributed by atoms with Gasteiger partial charge in [-0.3, -0.25) is 0 Å². The van der Waals surface area contributed by atoms with Crippen LogP contribution in [-0.4, -0.2) is 13.2 Å². The zero-order valence-electron chi connectivity index (χ0n) is 7.85. The second-order valence-electron chi connectivity index (χ2n) is 3.28. The van der Waals surface area contributed by atoms with E-state index in [4.69, 9.17) is 10.00 Å². The van der Waals surface area contributed by atoms with E-state index in [2.05, 4.69) is 6.07 Å². The fourth-order valence-corrected chi connectivity index (χ4v) is 0.987. The average Bonchev–Trinajstić information content (AvgIpc) is 2.04. The average molecular weight is 155 g/mol. The van der Waals surface area contributed by atoms with Crippen LogP contribution in [0.15, 0.2) is 0 Å². The Labute approximate surface area is 69.2 Å². The lowest BCUT2D eigenvalue weighted by Gasteiger charge is -2.22. The van der Waals surface area contributed by atoms with Gasteiger partial charge in [0.25, 0.3) is 0 Å². The lowest BCUT2D eigenvalue weighted by molar-refractivity contribution is 0.0838. The first-order valence-corrected chi connectivity index (χ1v) is 4.02. The minimum Gasteiger partial charge on any atom is -0.382 e. The number of ether oxygens (including phenoxy) is 1. The molecule has 0 saturated carbocycles. The van der Waals surface area contributed by atoms with Crippen molar-refractivity contribution >= 4 is 0 Å². The highest BCUT2D eigenvalue weighted by Crippen LogP contribution is 2.26. The van der Waals surface area contributed by atoms with E-state index in [0.717, 1.165) is 12.8 Å². The Morgan fingerprint density at radius 1 is 1.64 bits per heavy atom. The van der Waals surface area contributed by atoms with E-state index in [1.165, 1.54) is 0 Å². The van der Waals surface area contributed by atoms with Gasteiger partial charge in [-0.1, -0.05) is 6.92 Å². The monoisotopic (exact) mass is 155 g/mol. The van der Waals surface area contributed by atoms with Gasteiger partial charge < -0.3 is 4.74 Å². The van der Waals surface area contributed by atoms with Gasteiger partial charge in [-0.05, 0) is 26.7 Å². The summed E-state index contributed by atoms with van der Waals surface area (Å²) >= 11 is 0. The molecule has 0 saturated heterocycles. The summed E-state index contributed by atoms with van der Waals surface area (Å²) in [6.07, 6.45) is 1.88. The minimum absolute atomic E-state index is 0.180. The topological polar surface area (TPSA) is 33.0 Å². The first-order chi connectivity index (χ1) is 5.08. The van der Waals surface area contributed by atoms with Gasteiger partial charge in [0.1, 0.15) is 0 Å². The third kappa shape index (κ3) is 3.38. The predicted octanol–water partition coefficient (Wildman–Crippen LogP) is 2.35. The number of hydrogen-bond acceptors (Lipinski definition) is 2. The fraction of sp³-hybridized carbons (Fsp3) is 0.889. The zero-order valence-corrected chi connectivity index (χ0v) is 7.85. The third-order valence-electron chi connectivity index (χ3n) is 2.19. The maximum absolute atomic E-state index is 8.82. The van der Waals surface area contributed by atoms with E-state index < -0.39 is 0 Å². The molecule has 0 aromatic carbocycles. The molecule has 2 atom stereocenters. The van der Waals surface area contributed by atoms with E-state index in [-0.39, 0.29) is 11.5 Å².